The Morgan fingerprint density at radius 2 is 2.07 bits per heavy atom. The SMILES string of the molecule is C/C=C/c1ccc2n(c1=O)C[C@@H]1[C@@H](CO)[C@H](C(=O)NCCC)N(C(=O)CC3CC3)[C@H]21. The number of hydrogen-bond donors (Lipinski definition) is 2. The van der Waals surface area contributed by atoms with Gasteiger partial charge in [0.25, 0.3) is 5.56 Å². The first kappa shape index (κ1) is 20.8. The van der Waals surface area contributed by atoms with Gasteiger partial charge >= 0.3 is 0 Å². The number of carbonyl (C=O) groups is 2. The van der Waals surface area contributed by atoms with Crippen molar-refractivity contribution >= 4 is 17.9 Å². The van der Waals surface area contributed by atoms with Crippen LogP contribution in [0.2, 0.25) is 0 Å². The molecule has 1 aromatic rings. The second kappa shape index (κ2) is 8.38. The van der Waals surface area contributed by atoms with E-state index in [0.29, 0.717) is 31.0 Å². The lowest BCUT2D eigenvalue weighted by atomic mass is 9.88. The summed E-state index contributed by atoms with van der Waals surface area (Å²) in [6, 6.07) is 2.65. The molecule has 0 spiro atoms. The predicted molar refractivity (Wildman–Crippen MR) is 113 cm³/mol. The van der Waals surface area contributed by atoms with Crippen molar-refractivity contribution in [2.75, 3.05) is 13.2 Å². The number of amides is 2. The van der Waals surface area contributed by atoms with Gasteiger partial charge in [0.15, 0.2) is 0 Å². The third-order valence-electron chi connectivity index (χ3n) is 6.72. The highest BCUT2D eigenvalue weighted by molar-refractivity contribution is 5.89. The Kier molecular flexibility index (Phi) is 5.82. The molecule has 162 valence electrons. The molecule has 7 heteroatoms. The van der Waals surface area contributed by atoms with E-state index in [4.69, 9.17) is 0 Å². The van der Waals surface area contributed by atoms with Crippen molar-refractivity contribution in [1.29, 1.82) is 0 Å². The molecule has 1 saturated carbocycles. The van der Waals surface area contributed by atoms with Gasteiger partial charge in [-0.1, -0.05) is 19.1 Å². The monoisotopic (exact) mass is 413 g/mol. The van der Waals surface area contributed by atoms with E-state index in [9.17, 15) is 19.5 Å². The van der Waals surface area contributed by atoms with Crippen molar-refractivity contribution in [1.82, 2.24) is 14.8 Å². The highest BCUT2D eigenvalue weighted by atomic mass is 16.3. The summed E-state index contributed by atoms with van der Waals surface area (Å²) in [6.07, 6.45) is 6.94. The molecule has 3 aliphatic rings. The summed E-state index contributed by atoms with van der Waals surface area (Å²) in [6.45, 7) is 4.61. The Balaban J connectivity index is 1.75. The molecule has 1 saturated heterocycles. The molecule has 30 heavy (non-hydrogen) atoms. The Hall–Kier alpha value is -2.41. The molecule has 7 nitrogen and oxygen atoms in total. The Morgan fingerprint density at radius 1 is 1.30 bits per heavy atom. The highest BCUT2D eigenvalue weighted by Gasteiger charge is 2.57. The van der Waals surface area contributed by atoms with Crippen LogP contribution in [-0.2, 0) is 16.1 Å². The number of fused-ring (bicyclic) bond motifs is 3. The molecule has 1 aromatic heterocycles. The average Bonchev–Trinajstić information content (AvgIpc) is 3.37. The molecule has 3 heterocycles. The maximum absolute atomic E-state index is 13.3. The van der Waals surface area contributed by atoms with Gasteiger partial charge in [-0.2, -0.15) is 0 Å². The van der Waals surface area contributed by atoms with Gasteiger partial charge in [0.2, 0.25) is 11.8 Å². The molecule has 0 radical (unpaired) electrons. The molecular formula is C23H31N3O4. The summed E-state index contributed by atoms with van der Waals surface area (Å²) >= 11 is 0. The first-order valence-electron chi connectivity index (χ1n) is 11.1. The van der Waals surface area contributed by atoms with E-state index in [0.717, 1.165) is 25.0 Å². The number of rotatable bonds is 7. The van der Waals surface area contributed by atoms with Crippen LogP contribution in [-0.4, -0.2) is 45.6 Å². The van der Waals surface area contributed by atoms with E-state index >= 15 is 0 Å². The molecule has 2 N–H and O–H groups in total. The van der Waals surface area contributed by atoms with Crippen LogP contribution in [0.1, 0.15) is 56.8 Å². The smallest absolute Gasteiger partial charge is 0.258 e. The largest absolute Gasteiger partial charge is 0.396 e. The summed E-state index contributed by atoms with van der Waals surface area (Å²) in [7, 11) is 0. The predicted octanol–water partition coefficient (Wildman–Crippen LogP) is 1.70. The topological polar surface area (TPSA) is 91.6 Å². The van der Waals surface area contributed by atoms with Crippen molar-refractivity contribution in [3.8, 4) is 0 Å². The zero-order chi connectivity index (χ0) is 21.4. The normalized spacial score (nSPS) is 27.4. The number of aliphatic hydroxyl groups excluding tert-OH is 1. The first-order valence-corrected chi connectivity index (χ1v) is 11.1. The van der Waals surface area contributed by atoms with E-state index in [1.807, 2.05) is 26.0 Å². The van der Waals surface area contributed by atoms with Crippen molar-refractivity contribution in [2.45, 2.75) is 58.2 Å². The molecular weight excluding hydrogens is 382 g/mol. The molecule has 2 amide bonds. The number of nitrogens with zero attached hydrogens (tertiary/aromatic N) is 2. The minimum absolute atomic E-state index is 0.0430. The minimum Gasteiger partial charge on any atom is -0.396 e. The van der Waals surface area contributed by atoms with Crippen molar-refractivity contribution < 1.29 is 14.7 Å². The number of likely N-dealkylation sites (tertiary alicyclic amines) is 1. The molecule has 2 aliphatic heterocycles. The number of nitrogens with one attached hydrogen (secondary N) is 1. The van der Waals surface area contributed by atoms with Crippen LogP contribution in [0.5, 0.6) is 0 Å². The Bertz CT molecular complexity index is 918. The summed E-state index contributed by atoms with van der Waals surface area (Å²) in [5, 5.41) is 13.1. The average molecular weight is 414 g/mol. The number of allylic oxidation sites excluding steroid dienone is 1. The lowest BCUT2D eigenvalue weighted by molar-refractivity contribution is -0.142. The molecule has 0 unspecified atom stereocenters. The van der Waals surface area contributed by atoms with Gasteiger partial charge in [-0.3, -0.25) is 14.4 Å². The summed E-state index contributed by atoms with van der Waals surface area (Å²) in [5.41, 5.74) is 1.29. The van der Waals surface area contributed by atoms with Gasteiger partial charge in [0.1, 0.15) is 6.04 Å². The van der Waals surface area contributed by atoms with Crippen LogP contribution in [0, 0.1) is 17.8 Å². The van der Waals surface area contributed by atoms with Gasteiger partial charge in [-0.25, -0.2) is 0 Å². The van der Waals surface area contributed by atoms with Crippen molar-refractivity contribution in [2.24, 2.45) is 17.8 Å². The molecule has 0 aromatic carbocycles. The van der Waals surface area contributed by atoms with Crippen molar-refractivity contribution in [3.63, 3.8) is 0 Å². The third-order valence-corrected chi connectivity index (χ3v) is 6.72. The third kappa shape index (κ3) is 3.49. The number of aliphatic hydroxyl groups is 1. The first-order chi connectivity index (χ1) is 14.5. The van der Waals surface area contributed by atoms with Crippen molar-refractivity contribution in [3.05, 3.63) is 39.8 Å². The number of hydrogen-bond acceptors (Lipinski definition) is 4. The summed E-state index contributed by atoms with van der Waals surface area (Å²) in [5.74, 6) is -0.389. The van der Waals surface area contributed by atoms with Crippen LogP contribution in [0.15, 0.2) is 23.0 Å². The quantitative estimate of drug-likeness (QED) is 0.712. The molecule has 2 fully saturated rings. The number of pyridine rings is 1. The second-order valence-corrected chi connectivity index (χ2v) is 8.77. The van der Waals surface area contributed by atoms with E-state index < -0.39 is 6.04 Å². The van der Waals surface area contributed by atoms with Gasteiger partial charge in [-0.05, 0) is 44.2 Å². The fourth-order valence-electron chi connectivity index (χ4n) is 5.12. The van der Waals surface area contributed by atoms with E-state index in [2.05, 4.69) is 5.32 Å². The van der Waals surface area contributed by atoms with Crippen LogP contribution in [0.4, 0.5) is 0 Å². The van der Waals surface area contributed by atoms with Gasteiger partial charge in [-0.15, -0.1) is 0 Å². The molecule has 1 aliphatic carbocycles. The Labute approximate surface area is 176 Å². The van der Waals surface area contributed by atoms with Gasteiger partial charge in [0.05, 0.1) is 6.04 Å². The molecule has 0 bridgehead atoms. The van der Waals surface area contributed by atoms with Crippen LogP contribution < -0.4 is 10.9 Å². The maximum Gasteiger partial charge on any atom is 0.258 e. The zero-order valence-corrected chi connectivity index (χ0v) is 17.7. The van der Waals surface area contributed by atoms with E-state index in [1.54, 1.807) is 21.6 Å². The molecule has 4 atom stereocenters. The lowest BCUT2D eigenvalue weighted by Crippen LogP contribution is -2.50. The van der Waals surface area contributed by atoms with Crippen LogP contribution in [0.25, 0.3) is 6.08 Å². The summed E-state index contributed by atoms with van der Waals surface area (Å²) in [4.78, 5) is 41.0. The fraction of sp³-hybridized carbons (Fsp3) is 0.609. The fourth-order valence-corrected chi connectivity index (χ4v) is 5.12. The number of carbonyl (C=O) groups excluding carboxylic acids is 2. The van der Waals surface area contributed by atoms with Crippen LogP contribution in [0.3, 0.4) is 0 Å². The lowest BCUT2D eigenvalue weighted by Gasteiger charge is -2.31. The van der Waals surface area contributed by atoms with Gasteiger partial charge in [0, 0.05) is 49.2 Å². The van der Waals surface area contributed by atoms with E-state index in [-0.39, 0.29) is 41.9 Å². The standard InChI is InChI=1S/C23H31N3O4/c1-3-5-15-8-9-18-20-16(12-25(18)23(15)30)17(13-27)21(22(29)24-10-4-2)26(20)19(28)11-14-6-7-14/h3,5,8-9,14,16-17,20-21,27H,4,6-7,10-13H2,1-2H3,(H,24,29)/b5-3+/t16-,17-,20+,21-/m1/s1. The number of aromatic nitrogens is 1. The van der Waals surface area contributed by atoms with Gasteiger partial charge < -0.3 is 19.9 Å². The maximum atomic E-state index is 13.3. The molecule has 4 rings (SSSR count). The van der Waals surface area contributed by atoms with E-state index in [1.165, 1.54) is 0 Å². The van der Waals surface area contributed by atoms with Crippen LogP contribution >= 0.6 is 0 Å². The Morgan fingerprint density at radius 3 is 2.70 bits per heavy atom. The minimum atomic E-state index is -0.693. The highest BCUT2D eigenvalue weighted by Crippen LogP contribution is 2.50. The zero-order valence-electron chi connectivity index (χ0n) is 17.7. The summed E-state index contributed by atoms with van der Waals surface area (Å²) < 4.78 is 1.73. The second-order valence-electron chi connectivity index (χ2n) is 8.77.